The normalized spacial score (nSPS) is 29.6. The molecule has 4 heteroatoms. The highest BCUT2D eigenvalue weighted by atomic mass is 19.1. The molecule has 19 heavy (non-hydrogen) atoms. The third-order valence-corrected chi connectivity index (χ3v) is 4.45. The molecule has 1 aromatic rings. The Balaban J connectivity index is 2.05. The van der Waals surface area contributed by atoms with E-state index < -0.39 is 11.9 Å². The van der Waals surface area contributed by atoms with Gasteiger partial charge in [-0.3, -0.25) is 4.79 Å². The molecule has 0 spiro atoms. The van der Waals surface area contributed by atoms with E-state index in [1.54, 1.807) is 6.07 Å². The SMILES string of the molecule is O=C(O)C1c2cc(F)ccc2NC2CCCCCC21. The van der Waals surface area contributed by atoms with Crippen molar-refractivity contribution in [3.8, 4) is 0 Å². The molecule has 0 radical (unpaired) electrons. The maximum Gasteiger partial charge on any atom is 0.311 e. The minimum absolute atomic E-state index is 0.0781. The van der Waals surface area contributed by atoms with Crippen molar-refractivity contribution in [2.24, 2.45) is 5.92 Å². The zero-order valence-electron chi connectivity index (χ0n) is 10.7. The summed E-state index contributed by atoms with van der Waals surface area (Å²) < 4.78 is 13.4. The molecule has 3 rings (SSSR count). The van der Waals surface area contributed by atoms with Crippen LogP contribution in [0.4, 0.5) is 10.1 Å². The van der Waals surface area contributed by atoms with Crippen LogP contribution < -0.4 is 5.32 Å². The molecular formula is C15H18FNO2. The van der Waals surface area contributed by atoms with Crippen LogP contribution in [-0.2, 0) is 4.79 Å². The fraction of sp³-hybridized carbons (Fsp3) is 0.533. The lowest BCUT2D eigenvalue weighted by atomic mass is 9.75. The number of carboxylic acid groups (broad SMARTS) is 1. The number of aliphatic carboxylic acids is 1. The van der Waals surface area contributed by atoms with Gasteiger partial charge in [0, 0.05) is 11.7 Å². The number of rotatable bonds is 1. The van der Waals surface area contributed by atoms with Gasteiger partial charge in [-0.25, -0.2) is 4.39 Å². The van der Waals surface area contributed by atoms with Gasteiger partial charge in [0.25, 0.3) is 0 Å². The third-order valence-electron chi connectivity index (χ3n) is 4.45. The molecule has 3 nitrogen and oxygen atoms in total. The Labute approximate surface area is 111 Å². The van der Waals surface area contributed by atoms with Crippen molar-refractivity contribution in [2.75, 3.05) is 5.32 Å². The number of halogens is 1. The second kappa shape index (κ2) is 4.83. The Bertz CT molecular complexity index is 503. The highest BCUT2D eigenvalue weighted by Crippen LogP contribution is 2.43. The van der Waals surface area contributed by atoms with Crippen LogP contribution in [0.1, 0.15) is 43.6 Å². The average Bonchev–Trinajstić information content (AvgIpc) is 2.60. The zero-order chi connectivity index (χ0) is 13.4. The van der Waals surface area contributed by atoms with Crippen LogP contribution in [0.2, 0.25) is 0 Å². The molecule has 1 fully saturated rings. The van der Waals surface area contributed by atoms with Gasteiger partial charge in [0.1, 0.15) is 5.82 Å². The van der Waals surface area contributed by atoms with E-state index in [1.807, 2.05) is 0 Å². The molecule has 102 valence electrons. The van der Waals surface area contributed by atoms with Crippen LogP contribution in [0, 0.1) is 11.7 Å². The van der Waals surface area contributed by atoms with E-state index in [1.165, 1.54) is 12.1 Å². The summed E-state index contributed by atoms with van der Waals surface area (Å²) in [4.78, 5) is 11.6. The number of anilines is 1. The lowest BCUT2D eigenvalue weighted by molar-refractivity contribution is -0.140. The highest BCUT2D eigenvalue weighted by Gasteiger charge is 2.41. The van der Waals surface area contributed by atoms with Crippen LogP contribution >= 0.6 is 0 Å². The van der Waals surface area contributed by atoms with Crippen molar-refractivity contribution in [2.45, 2.75) is 44.1 Å². The van der Waals surface area contributed by atoms with E-state index in [9.17, 15) is 14.3 Å². The summed E-state index contributed by atoms with van der Waals surface area (Å²) in [6, 6.07) is 4.65. The molecular weight excluding hydrogens is 245 g/mol. The maximum atomic E-state index is 13.4. The molecule has 1 saturated carbocycles. The smallest absolute Gasteiger partial charge is 0.311 e. The third kappa shape index (κ3) is 2.20. The van der Waals surface area contributed by atoms with Gasteiger partial charge < -0.3 is 10.4 Å². The van der Waals surface area contributed by atoms with E-state index in [-0.39, 0.29) is 17.8 Å². The van der Waals surface area contributed by atoms with Crippen molar-refractivity contribution < 1.29 is 14.3 Å². The molecule has 1 heterocycles. The van der Waals surface area contributed by atoms with Crippen molar-refractivity contribution >= 4 is 11.7 Å². The first-order chi connectivity index (χ1) is 9.16. The van der Waals surface area contributed by atoms with Gasteiger partial charge in [0.2, 0.25) is 0 Å². The Morgan fingerprint density at radius 3 is 2.84 bits per heavy atom. The summed E-state index contributed by atoms with van der Waals surface area (Å²) >= 11 is 0. The van der Waals surface area contributed by atoms with Gasteiger partial charge in [-0.2, -0.15) is 0 Å². The largest absolute Gasteiger partial charge is 0.481 e. The summed E-state index contributed by atoms with van der Waals surface area (Å²) in [5.74, 6) is -1.69. The minimum atomic E-state index is -0.828. The number of hydrogen-bond acceptors (Lipinski definition) is 2. The molecule has 2 aliphatic rings. The van der Waals surface area contributed by atoms with Crippen LogP contribution in [0.25, 0.3) is 0 Å². The van der Waals surface area contributed by atoms with Crippen LogP contribution in [0.5, 0.6) is 0 Å². The summed E-state index contributed by atoms with van der Waals surface area (Å²) in [5, 5.41) is 13.0. The molecule has 3 atom stereocenters. The Hall–Kier alpha value is -1.58. The van der Waals surface area contributed by atoms with E-state index >= 15 is 0 Å². The van der Waals surface area contributed by atoms with E-state index in [0.29, 0.717) is 5.56 Å². The highest BCUT2D eigenvalue weighted by molar-refractivity contribution is 5.81. The molecule has 3 unspecified atom stereocenters. The van der Waals surface area contributed by atoms with Crippen LogP contribution in [-0.4, -0.2) is 17.1 Å². The zero-order valence-corrected chi connectivity index (χ0v) is 10.7. The summed E-state index contributed by atoms with van der Waals surface area (Å²) in [6.45, 7) is 0. The molecule has 1 aromatic carbocycles. The molecule has 0 bridgehead atoms. The topological polar surface area (TPSA) is 49.3 Å². The summed E-state index contributed by atoms with van der Waals surface area (Å²) in [7, 11) is 0. The van der Waals surface area contributed by atoms with Gasteiger partial charge in [0.15, 0.2) is 0 Å². The molecule has 0 amide bonds. The van der Waals surface area contributed by atoms with Gasteiger partial charge in [0.05, 0.1) is 5.92 Å². The fourth-order valence-electron chi connectivity index (χ4n) is 3.58. The van der Waals surface area contributed by atoms with Crippen LogP contribution in [0.3, 0.4) is 0 Å². The average molecular weight is 263 g/mol. The van der Waals surface area contributed by atoms with Crippen molar-refractivity contribution in [1.82, 2.24) is 0 Å². The standard InChI is InChI=1S/C15H18FNO2/c16-9-6-7-13-11(8-9)14(15(18)19)10-4-2-1-3-5-12(10)17-13/h6-8,10,12,14,17H,1-5H2,(H,18,19). The van der Waals surface area contributed by atoms with E-state index in [4.69, 9.17) is 0 Å². The molecule has 2 N–H and O–H groups in total. The second-order valence-corrected chi connectivity index (χ2v) is 5.60. The summed E-state index contributed by atoms with van der Waals surface area (Å²) in [5.41, 5.74) is 1.40. The van der Waals surface area contributed by atoms with Gasteiger partial charge in [-0.15, -0.1) is 0 Å². The number of carbonyl (C=O) groups is 1. The quantitative estimate of drug-likeness (QED) is 0.816. The van der Waals surface area contributed by atoms with Gasteiger partial charge in [-0.05, 0) is 42.5 Å². The summed E-state index contributed by atoms with van der Waals surface area (Å²) in [6.07, 6.45) is 5.27. The lowest BCUT2D eigenvalue weighted by Gasteiger charge is -2.38. The number of nitrogens with one attached hydrogen (secondary N) is 1. The number of fused-ring (bicyclic) bond motifs is 2. The van der Waals surface area contributed by atoms with E-state index in [0.717, 1.165) is 37.8 Å². The molecule has 0 saturated heterocycles. The Kier molecular flexibility index (Phi) is 3.17. The van der Waals surface area contributed by atoms with E-state index in [2.05, 4.69) is 5.32 Å². The number of carboxylic acids is 1. The van der Waals surface area contributed by atoms with Crippen molar-refractivity contribution in [3.05, 3.63) is 29.6 Å². The monoisotopic (exact) mass is 263 g/mol. The number of hydrogen-bond donors (Lipinski definition) is 2. The molecule has 0 aromatic heterocycles. The predicted octanol–water partition coefficient (Wildman–Crippen LogP) is 3.37. The molecule has 1 aliphatic heterocycles. The first-order valence-electron chi connectivity index (χ1n) is 6.95. The number of benzene rings is 1. The van der Waals surface area contributed by atoms with Crippen LogP contribution in [0.15, 0.2) is 18.2 Å². The van der Waals surface area contributed by atoms with Gasteiger partial charge in [-0.1, -0.05) is 19.3 Å². The first kappa shape index (κ1) is 12.5. The maximum absolute atomic E-state index is 13.4. The first-order valence-corrected chi connectivity index (χ1v) is 6.95. The van der Waals surface area contributed by atoms with Gasteiger partial charge >= 0.3 is 5.97 Å². The van der Waals surface area contributed by atoms with Crippen molar-refractivity contribution in [1.29, 1.82) is 0 Å². The molecule has 1 aliphatic carbocycles. The lowest BCUT2D eigenvalue weighted by Crippen LogP contribution is -2.40. The second-order valence-electron chi connectivity index (χ2n) is 5.60. The van der Waals surface area contributed by atoms with Crippen molar-refractivity contribution in [3.63, 3.8) is 0 Å². The predicted molar refractivity (Wildman–Crippen MR) is 70.8 cm³/mol. The Morgan fingerprint density at radius 2 is 2.05 bits per heavy atom. The fourth-order valence-corrected chi connectivity index (χ4v) is 3.58. The Morgan fingerprint density at radius 1 is 1.26 bits per heavy atom. The minimum Gasteiger partial charge on any atom is -0.481 e.